The highest BCUT2D eigenvalue weighted by molar-refractivity contribution is 7.99. The van der Waals surface area contributed by atoms with Crippen LogP contribution in [0.4, 0.5) is 5.69 Å². The lowest BCUT2D eigenvalue weighted by molar-refractivity contribution is -0.118. The second kappa shape index (κ2) is 10.1. The number of ether oxygens (including phenoxy) is 1. The molecule has 0 fully saturated rings. The average Bonchev–Trinajstić information content (AvgIpc) is 2.63. The molecule has 26 heavy (non-hydrogen) atoms. The molecule has 2 aromatic carbocycles. The van der Waals surface area contributed by atoms with Gasteiger partial charge in [-0.15, -0.1) is 11.8 Å². The van der Waals surface area contributed by atoms with E-state index in [-0.39, 0.29) is 18.9 Å². The number of rotatable bonds is 9. The molecule has 0 aliphatic carbocycles. The number of primary amides is 1. The minimum absolute atomic E-state index is 0.0916. The van der Waals surface area contributed by atoms with Crippen molar-refractivity contribution < 1.29 is 14.3 Å². The Kier molecular flexibility index (Phi) is 7.52. The number of thioether (sulfide) groups is 1. The zero-order valence-electron chi connectivity index (χ0n) is 14.1. The first kappa shape index (κ1) is 19.3. The molecule has 2 aromatic rings. The third kappa shape index (κ3) is 6.87. The van der Waals surface area contributed by atoms with Crippen LogP contribution in [0.25, 0.3) is 0 Å². The van der Waals surface area contributed by atoms with Crippen LogP contribution in [0.15, 0.2) is 48.5 Å². The topological polar surface area (TPSA) is 105 Å². The second-order valence-electron chi connectivity index (χ2n) is 5.44. The smallest absolute Gasteiger partial charge is 0.234 e. The summed E-state index contributed by atoms with van der Waals surface area (Å²) in [7, 11) is 0. The van der Waals surface area contributed by atoms with E-state index in [1.165, 1.54) is 11.8 Å². The van der Waals surface area contributed by atoms with Crippen LogP contribution in [0.5, 0.6) is 5.75 Å². The van der Waals surface area contributed by atoms with E-state index in [4.69, 9.17) is 15.7 Å². The van der Waals surface area contributed by atoms with E-state index in [1.807, 2.05) is 12.1 Å². The monoisotopic (exact) mass is 369 g/mol. The van der Waals surface area contributed by atoms with Gasteiger partial charge in [-0.2, -0.15) is 5.26 Å². The molecule has 0 heterocycles. The fourth-order valence-electron chi connectivity index (χ4n) is 2.04. The first-order valence-corrected chi connectivity index (χ1v) is 9.10. The van der Waals surface area contributed by atoms with E-state index in [0.29, 0.717) is 28.5 Å². The zero-order chi connectivity index (χ0) is 18.8. The highest BCUT2D eigenvalue weighted by Crippen LogP contribution is 2.17. The van der Waals surface area contributed by atoms with Gasteiger partial charge in [0.25, 0.3) is 0 Å². The summed E-state index contributed by atoms with van der Waals surface area (Å²) < 4.78 is 5.37. The maximum atomic E-state index is 12.0. The highest BCUT2D eigenvalue weighted by atomic mass is 32.2. The lowest BCUT2D eigenvalue weighted by atomic mass is 10.2. The Hall–Kier alpha value is -2.98. The van der Waals surface area contributed by atoms with Crippen molar-refractivity contribution in [3.05, 3.63) is 59.7 Å². The standard InChI is InChI=1S/C19H19N3O3S/c20-11-14-1-3-15(4-2-14)12-26-13-19(24)22-16-5-7-17(8-6-16)25-10-9-18(21)23/h1-8H,9-10,12-13H2,(H2,21,23)(H,22,24). The number of amides is 2. The molecule has 0 saturated carbocycles. The van der Waals surface area contributed by atoms with Crippen LogP contribution in [0.1, 0.15) is 17.5 Å². The molecule has 0 unspecified atom stereocenters. The van der Waals surface area contributed by atoms with Gasteiger partial charge in [-0.3, -0.25) is 9.59 Å². The summed E-state index contributed by atoms with van der Waals surface area (Å²) in [6.07, 6.45) is 0.162. The van der Waals surface area contributed by atoms with Gasteiger partial charge in [0.05, 0.1) is 30.4 Å². The first-order valence-electron chi connectivity index (χ1n) is 7.94. The largest absolute Gasteiger partial charge is 0.493 e. The summed E-state index contributed by atoms with van der Waals surface area (Å²) in [5, 5.41) is 11.6. The molecular weight excluding hydrogens is 350 g/mol. The molecule has 7 heteroatoms. The highest BCUT2D eigenvalue weighted by Gasteiger charge is 2.04. The molecule has 2 rings (SSSR count). The molecule has 0 atom stereocenters. The molecule has 0 bridgehead atoms. The van der Waals surface area contributed by atoms with Crippen molar-refractivity contribution in [1.29, 1.82) is 5.26 Å². The molecule has 0 aromatic heterocycles. The fourth-order valence-corrected chi connectivity index (χ4v) is 2.83. The van der Waals surface area contributed by atoms with Crippen molar-refractivity contribution in [2.75, 3.05) is 17.7 Å². The predicted molar refractivity (Wildman–Crippen MR) is 102 cm³/mol. The third-order valence-electron chi connectivity index (χ3n) is 3.34. The van der Waals surface area contributed by atoms with Gasteiger partial charge in [0.1, 0.15) is 5.75 Å². The van der Waals surface area contributed by atoms with Gasteiger partial charge in [0, 0.05) is 11.4 Å². The molecular formula is C19H19N3O3S. The molecule has 0 aliphatic heterocycles. The van der Waals surface area contributed by atoms with Gasteiger partial charge in [-0.1, -0.05) is 12.1 Å². The van der Waals surface area contributed by atoms with Gasteiger partial charge in [0.2, 0.25) is 11.8 Å². The van der Waals surface area contributed by atoms with Gasteiger partial charge in [0.15, 0.2) is 0 Å². The Morgan fingerprint density at radius 3 is 2.42 bits per heavy atom. The van der Waals surface area contributed by atoms with Crippen LogP contribution in [-0.2, 0) is 15.3 Å². The number of nitrogens with two attached hydrogens (primary N) is 1. The van der Waals surface area contributed by atoms with E-state index < -0.39 is 5.91 Å². The maximum Gasteiger partial charge on any atom is 0.234 e. The number of carbonyl (C=O) groups is 2. The normalized spacial score (nSPS) is 9.96. The number of anilines is 1. The van der Waals surface area contributed by atoms with Crippen LogP contribution in [0.3, 0.4) is 0 Å². The lowest BCUT2D eigenvalue weighted by Crippen LogP contribution is -2.15. The van der Waals surface area contributed by atoms with E-state index in [2.05, 4.69) is 11.4 Å². The minimum Gasteiger partial charge on any atom is -0.493 e. The number of nitriles is 1. The number of hydrogen-bond donors (Lipinski definition) is 2. The Morgan fingerprint density at radius 1 is 1.12 bits per heavy atom. The Bertz CT molecular complexity index is 783. The Labute approximate surface area is 156 Å². The van der Waals surface area contributed by atoms with Crippen molar-refractivity contribution in [1.82, 2.24) is 0 Å². The fraction of sp³-hybridized carbons (Fsp3) is 0.211. The molecule has 0 aliphatic rings. The van der Waals surface area contributed by atoms with Gasteiger partial charge in [-0.25, -0.2) is 0 Å². The summed E-state index contributed by atoms with van der Waals surface area (Å²) in [5.74, 6) is 1.14. The van der Waals surface area contributed by atoms with E-state index in [9.17, 15) is 9.59 Å². The number of nitrogens with zero attached hydrogens (tertiary/aromatic N) is 1. The van der Waals surface area contributed by atoms with E-state index >= 15 is 0 Å². The average molecular weight is 369 g/mol. The van der Waals surface area contributed by atoms with Crippen molar-refractivity contribution in [3.63, 3.8) is 0 Å². The van der Waals surface area contributed by atoms with E-state index in [1.54, 1.807) is 36.4 Å². The molecule has 0 saturated heterocycles. The summed E-state index contributed by atoms with van der Waals surface area (Å²) >= 11 is 1.50. The first-order chi connectivity index (χ1) is 12.6. The molecule has 3 N–H and O–H groups in total. The number of benzene rings is 2. The van der Waals surface area contributed by atoms with Crippen LogP contribution in [0.2, 0.25) is 0 Å². The number of hydrogen-bond acceptors (Lipinski definition) is 5. The molecule has 6 nitrogen and oxygen atoms in total. The summed E-state index contributed by atoms with van der Waals surface area (Å²) in [4.78, 5) is 22.6. The predicted octanol–water partition coefficient (Wildman–Crippen LogP) is 2.68. The Morgan fingerprint density at radius 2 is 1.81 bits per heavy atom. The quantitative estimate of drug-likeness (QED) is 0.707. The number of carbonyl (C=O) groups excluding carboxylic acids is 2. The molecule has 0 spiro atoms. The molecule has 2 amide bonds. The molecule has 134 valence electrons. The van der Waals surface area contributed by atoms with Crippen molar-refractivity contribution >= 4 is 29.3 Å². The summed E-state index contributed by atoms with van der Waals surface area (Å²) in [6.45, 7) is 0.229. The second-order valence-corrected chi connectivity index (χ2v) is 6.42. The van der Waals surface area contributed by atoms with Crippen molar-refractivity contribution in [2.45, 2.75) is 12.2 Å². The number of nitrogens with one attached hydrogen (secondary N) is 1. The lowest BCUT2D eigenvalue weighted by Gasteiger charge is -2.08. The van der Waals surface area contributed by atoms with Crippen molar-refractivity contribution in [3.8, 4) is 11.8 Å². The maximum absolute atomic E-state index is 12.0. The van der Waals surface area contributed by atoms with Crippen LogP contribution < -0.4 is 15.8 Å². The molecule has 0 radical (unpaired) electrons. The summed E-state index contributed by atoms with van der Waals surface area (Å²) in [6, 6.07) is 16.3. The van der Waals surface area contributed by atoms with Crippen LogP contribution >= 0.6 is 11.8 Å². The van der Waals surface area contributed by atoms with Gasteiger partial charge in [-0.05, 0) is 42.0 Å². The van der Waals surface area contributed by atoms with Crippen molar-refractivity contribution in [2.24, 2.45) is 5.73 Å². The van der Waals surface area contributed by atoms with Gasteiger partial charge >= 0.3 is 0 Å². The van der Waals surface area contributed by atoms with Crippen LogP contribution in [0, 0.1) is 11.3 Å². The van der Waals surface area contributed by atoms with Crippen LogP contribution in [-0.4, -0.2) is 24.2 Å². The third-order valence-corrected chi connectivity index (χ3v) is 4.34. The zero-order valence-corrected chi connectivity index (χ0v) is 14.9. The summed E-state index contributed by atoms with van der Waals surface area (Å²) in [5.41, 5.74) is 7.41. The minimum atomic E-state index is -0.410. The SMILES string of the molecule is N#Cc1ccc(CSCC(=O)Nc2ccc(OCCC(N)=O)cc2)cc1. The van der Waals surface area contributed by atoms with Gasteiger partial charge < -0.3 is 15.8 Å². The Balaban J connectivity index is 1.71. The van der Waals surface area contributed by atoms with E-state index in [0.717, 1.165) is 5.56 Å².